The summed E-state index contributed by atoms with van der Waals surface area (Å²) in [6.07, 6.45) is 0. The van der Waals surface area contributed by atoms with Crippen LogP contribution in [-0.4, -0.2) is 10.2 Å². The summed E-state index contributed by atoms with van der Waals surface area (Å²) in [6, 6.07) is 6.15. The van der Waals surface area contributed by atoms with Crippen molar-refractivity contribution in [1.29, 1.82) is 0 Å². The van der Waals surface area contributed by atoms with Gasteiger partial charge in [-0.25, -0.2) is 0 Å². The van der Waals surface area contributed by atoms with Crippen LogP contribution >= 0.6 is 0 Å². The van der Waals surface area contributed by atoms with E-state index in [1.54, 1.807) is 12.1 Å². The SMILES string of the molecule is Oc1ccccc1O.[N-]=[N+]=[N-].[Na+]. The molecule has 0 aliphatic rings. The smallest absolute Gasteiger partial charge is 0.504 e. The number of nitrogens with zero attached hydrogens (tertiary/aromatic N) is 3. The number of aromatic hydroxyl groups is 2. The fourth-order valence-corrected chi connectivity index (χ4v) is 0.464. The van der Waals surface area contributed by atoms with Crippen LogP contribution in [0.15, 0.2) is 24.3 Å². The topological polar surface area (TPSA) is 99.2 Å². The van der Waals surface area contributed by atoms with Gasteiger partial charge in [-0.15, -0.1) is 0 Å². The van der Waals surface area contributed by atoms with E-state index in [0.717, 1.165) is 0 Å². The van der Waals surface area contributed by atoms with Crippen LogP contribution < -0.4 is 29.6 Å². The van der Waals surface area contributed by atoms with E-state index < -0.39 is 0 Å². The second kappa shape index (κ2) is 8.23. The molecule has 0 aromatic heterocycles. The van der Waals surface area contributed by atoms with Gasteiger partial charge in [-0.05, 0) is 12.1 Å². The van der Waals surface area contributed by atoms with Crippen molar-refractivity contribution in [1.82, 2.24) is 0 Å². The van der Waals surface area contributed by atoms with Gasteiger partial charge in [-0.3, -0.25) is 4.91 Å². The molecule has 0 bridgehead atoms. The third-order valence-corrected chi connectivity index (χ3v) is 0.882. The van der Waals surface area contributed by atoms with Gasteiger partial charge in [0.15, 0.2) is 11.5 Å². The summed E-state index contributed by atoms with van der Waals surface area (Å²) >= 11 is 0. The Balaban J connectivity index is 0. The van der Waals surface area contributed by atoms with E-state index in [2.05, 4.69) is 0 Å². The standard InChI is InChI=1S/C6H6O2.N3.Na/c7-5-3-1-2-4-6(5)8;1-3-2;/h1-4,7-8H;;/q;-1;+1. The quantitative estimate of drug-likeness (QED) is 0.173. The predicted molar refractivity (Wildman–Crippen MR) is 39.8 cm³/mol. The van der Waals surface area contributed by atoms with Gasteiger partial charge in [0.05, 0.1) is 0 Å². The molecule has 5 nitrogen and oxygen atoms in total. The Bertz CT molecular complexity index is 240. The Morgan fingerprint density at radius 1 is 1.00 bits per heavy atom. The zero-order chi connectivity index (χ0) is 8.69. The summed E-state index contributed by atoms with van der Waals surface area (Å²) in [5, 5.41) is 17.3. The molecule has 0 unspecified atom stereocenters. The van der Waals surface area contributed by atoms with Crippen LogP contribution in [0.4, 0.5) is 0 Å². The molecule has 0 radical (unpaired) electrons. The molecule has 1 aromatic rings. The summed E-state index contributed by atoms with van der Waals surface area (Å²) in [4.78, 5) is 1.50. The van der Waals surface area contributed by atoms with Crippen LogP contribution in [0, 0.1) is 0 Å². The predicted octanol–water partition coefficient (Wildman–Crippen LogP) is -1.03. The van der Waals surface area contributed by atoms with Crippen molar-refractivity contribution < 1.29 is 39.8 Å². The maximum atomic E-state index is 8.67. The van der Waals surface area contributed by atoms with Crippen molar-refractivity contribution in [2.24, 2.45) is 0 Å². The van der Waals surface area contributed by atoms with E-state index in [4.69, 9.17) is 21.3 Å². The molecular weight excluding hydrogens is 169 g/mol. The van der Waals surface area contributed by atoms with Gasteiger partial charge < -0.3 is 21.3 Å². The van der Waals surface area contributed by atoms with Crippen molar-refractivity contribution in [2.75, 3.05) is 0 Å². The molecular formula is C6H6N3NaO2. The molecule has 0 atom stereocenters. The number of para-hydroxylation sites is 2. The molecule has 0 saturated carbocycles. The van der Waals surface area contributed by atoms with E-state index in [9.17, 15) is 0 Å². The Labute approximate surface area is 91.4 Å². The summed E-state index contributed by atoms with van der Waals surface area (Å²) in [6.45, 7) is 0. The number of rotatable bonds is 0. The molecule has 0 aliphatic carbocycles. The van der Waals surface area contributed by atoms with Crippen molar-refractivity contribution in [2.45, 2.75) is 0 Å². The Hall–Kier alpha value is -0.870. The normalized spacial score (nSPS) is 6.67. The molecule has 0 aliphatic heterocycles. The minimum Gasteiger partial charge on any atom is -0.504 e. The van der Waals surface area contributed by atoms with Crippen molar-refractivity contribution >= 4 is 0 Å². The first-order valence-corrected chi connectivity index (χ1v) is 2.67. The maximum absolute atomic E-state index is 8.67. The summed E-state index contributed by atoms with van der Waals surface area (Å²) in [5.74, 6) is -0.153. The molecule has 58 valence electrons. The summed E-state index contributed by atoms with van der Waals surface area (Å²) in [5.41, 5.74) is 13.5. The number of hydrogen-bond donors (Lipinski definition) is 2. The van der Waals surface area contributed by atoms with Gasteiger partial charge in [-0.1, -0.05) is 12.1 Å². The zero-order valence-electron chi connectivity index (χ0n) is 6.55. The Morgan fingerprint density at radius 2 is 1.25 bits per heavy atom. The van der Waals surface area contributed by atoms with Crippen LogP contribution in [0.5, 0.6) is 11.5 Å². The molecule has 2 N–H and O–H groups in total. The number of hydrogen-bond acceptors (Lipinski definition) is 2. The molecule has 0 heterocycles. The van der Waals surface area contributed by atoms with Crippen molar-refractivity contribution in [3.8, 4) is 11.5 Å². The van der Waals surface area contributed by atoms with Crippen LogP contribution in [0.3, 0.4) is 0 Å². The first kappa shape index (κ1) is 13.7. The van der Waals surface area contributed by atoms with Crippen LogP contribution in [0.1, 0.15) is 0 Å². The van der Waals surface area contributed by atoms with Gasteiger partial charge in [0, 0.05) is 0 Å². The molecule has 0 spiro atoms. The Morgan fingerprint density at radius 3 is 1.42 bits per heavy atom. The molecule has 12 heavy (non-hydrogen) atoms. The fraction of sp³-hybridized carbons (Fsp3) is 0. The fourth-order valence-electron chi connectivity index (χ4n) is 0.464. The second-order valence-electron chi connectivity index (χ2n) is 1.58. The zero-order valence-corrected chi connectivity index (χ0v) is 8.55. The van der Waals surface area contributed by atoms with Crippen LogP contribution in [-0.2, 0) is 0 Å². The number of phenolic OH excluding ortho intramolecular Hbond substituents is 2. The minimum absolute atomic E-state index is 0. The van der Waals surface area contributed by atoms with Crippen molar-refractivity contribution in [3.05, 3.63) is 40.2 Å². The van der Waals surface area contributed by atoms with Gasteiger partial charge in [0.1, 0.15) is 0 Å². The van der Waals surface area contributed by atoms with E-state index in [-0.39, 0.29) is 41.1 Å². The first-order chi connectivity index (χ1) is 5.22. The second-order valence-corrected chi connectivity index (χ2v) is 1.58. The van der Waals surface area contributed by atoms with E-state index in [1.165, 1.54) is 17.0 Å². The van der Waals surface area contributed by atoms with Gasteiger partial charge in [0.2, 0.25) is 0 Å². The average Bonchev–Trinajstić information content (AvgIpc) is 1.97. The molecule has 0 fully saturated rings. The minimum atomic E-state index is -0.0764. The average molecular weight is 175 g/mol. The molecule has 1 rings (SSSR count). The van der Waals surface area contributed by atoms with Crippen LogP contribution in [0.2, 0.25) is 0 Å². The number of benzene rings is 1. The van der Waals surface area contributed by atoms with Gasteiger partial charge in [0.25, 0.3) is 0 Å². The van der Waals surface area contributed by atoms with E-state index in [0.29, 0.717) is 0 Å². The molecule has 6 heteroatoms. The van der Waals surface area contributed by atoms with E-state index >= 15 is 0 Å². The van der Waals surface area contributed by atoms with Gasteiger partial charge in [-0.2, -0.15) is 0 Å². The largest absolute Gasteiger partial charge is 1.00 e. The summed E-state index contributed by atoms with van der Waals surface area (Å²) in [7, 11) is 0. The molecule has 1 aromatic carbocycles. The maximum Gasteiger partial charge on any atom is 1.00 e. The third-order valence-electron chi connectivity index (χ3n) is 0.882. The van der Waals surface area contributed by atoms with Gasteiger partial charge >= 0.3 is 29.6 Å². The Kier molecular flexibility index (Phi) is 9.40. The monoisotopic (exact) mass is 175 g/mol. The third kappa shape index (κ3) is 5.88. The van der Waals surface area contributed by atoms with Crippen LogP contribution in [0.25, 0.3) is 16.0 Å². The summed E-state index contributed by atoms with van der Waals surface area (Å²) < 4.78 is 0. The first-order valence-electron chi connectivity index (χ1n) is 2.67. The molecule has 0 amide bonds. The van der Waals surface area contributed by atoms with E-state index in [1.807, 2.05) is 0 Å². The van der Waals surface area contributed by atoms with Crippen molar-refractivity contribution in [3.63, 3.8) is 0 Å². The number of phenols is 2. The molecule has 0 saturated heterocycles.